The molecule has 3 rings (SSSR count). The molecular formula is C21H25N3O2S. The molecule has 27 heavy (non-hydrogen) atoms. The zero-order valence-corrected chi connectivity index (χ0v) is 16.3. The Balaban J connectivity index is 1.50. The van der Waals surface area contributed by atoms with Crippen molar-refractivity contribution in [1.29, 1.82) is 0 Å². The molecule has 1 saturated heterocycles. The molecule has 0 radical (unpaired) electrons. The normalized spacial score (nSPS) is 13.9. The van der Waals surface area contributed by atoms with Crippen LogP contribution in [0.15, 0.2) is 48.5 Å². The van der Waals surface area contributed by atoms with Crippen molar-refractivity contribution in [3.05, 3.63) is 59.7 Å². The van der Waals surface area contributed by atoms with Gasteiger partial charge in [0.15, 0.2) is 5.11 Å². The second-order valence-corrected chi connectivity index (χ2v) is 6.90. The van der Waals surface area contributed by atoms with Crippen LogP contribution in [0.3, 0.4) is 0 Å². The maximum Gasteiger partial charge on any atom is 0.227 e. The van der Waals surface area contributed by atoms with Crippen molar-refractivity contribution < 1.29 is 9.53 Å². The van der Waals surface area contributed by atoms with Crippen molar-refractivity contribution in [2.24, 2.45) is 0 Å². The maximum atomic E-state index is 12.3. The van der Waals surface area contributed by atoms with Crippen molar-refractivity contribution in [2.75, 3.05) is 36.9 Å². The molecular weight excluding hydrogens is 358 g/mol. The average Bonchev–Trinajstić information content (AvgIpc) is 2.70. The second-order valence-electron chi connectivity index (χ2n) is 6.50. The summed E-state index contributed by atoms with van der Waals surface area (Å²) in [6.45, 7) is 4.74. The van der Waals surface area contributed by atoms with Crippen LogP contribution < -0.4 is 10.6 Å². The molecule has 2 aromatic rings. The summed E-state index contributed by atoms with van der Waals surface area (Å²) in [4.78, 5) is 14.2. The van der Waals surface area contributed by atoms with E-state index in [0.717, 1.165) is 23.4 Å². The van der Waals surface area contributed by atoms with E-state index in [0.29, 0.717) is 37.8 Å². The number of nitrogens with one attached hydrogen (secondary N) is 2. The summed E-state index contributed by atoms with van der Waals surface area (Å²) < 4.78 is 5.29. The van der Waals surface area contributed by atoms with Crippen LogP contribution in [0.2, 0.25) is 0 Å². The van der Waals surface area contributed by atoms with Crippen molar-refractivity contribution >= 4 is 34.6 Å². The molecule has 1 heterocycles. The zero-order valence-electron chi connectivity index (χ0n) is 15.5. The predicted molar refractivity (Wildman–Crippen MR) is 113 cm³/mol. The van der Waals surface area contributed by atoms with E-state index in [1.807, 2.05) is 41.3 Å². The lowest BCUT2D eigenvalue weighted by atomic mass is 10.1. The minimum Gasteiger partial charge on any atom is -0.378 e. The summed E-state index contributed by atoms with van der Waals surface area (Å²) in [5, 5.41) is 6.89. The van der Waals surface area contributed by atoms with Gasteiger partial charge < -0.3 is 20.3 Å². The van der Waals surface area contributed by atoms with Crippen molar-refractivity contribution in [1.82, 2.24) is 4.90 Å². The average molecular weight is 384 g/mol. The van der Waals surface area contributed by atoms with Crippen LogP contribution in [0.1, 0.15) is 18.1 Å². The zero-order chi connectivity index (χ0) is 19.1. The Hall–Kier alpha value is -2.44. The van der Waals surface area contributed by atoms with Gasteiger partial charge in [-0.25, -0.2) is 0 Å². The highest BCUT2D eigenvalue weighted by molar-refractivity contribution is 7.80. The summed E-state index contributed by atoms with van der Waals surface area (Å²) in [6, 6.07) is 16.0. The van der Waals surface area contributed by atoms with Gasteiger partial charge in [-0.2, -0.15) is 0 Å². The van der Waals surface area contributed by atoms with Crippen molar-refractivity contribution in [2.45, 2.75) is 19.8 Å². The van der Waals surface area contributed by atoms with Crippen LogP contribution in [0.5, 0.6) is 0 Å². The number of morpholine rings is 1. The molecule has 1 aliphatic heterocycles. The third-order valence-corrected chi connectivity index (χ3v) is 4.76. The number of thiocarbonyl (C=S) groups is 1. The molecule has 1 aliphatic rings. The molecule has 2 aromatic carbocycles. The van der Waals surface area contributed by atoms with Crippen LogP contribution in [0.4, 0.5) is 11.4 Å². The first-order valence-electron chi connectivity index (χ1n) is 9.25. The van der Waals surface area contributed by atoms with E-state index in [9.17, 15) is 4.79 Å². The smallest absolute Gasteiger partial charge is 0.227 e. The van der Waals surface area contributed by atoms with Gasteiger partial charge in [0, 0.05) is 24.5 Å². The molecule has 1 fully saturated rings. The van der Waals surface area contributed by atoms with Gasteiger partial charge in [0.2, 0.25) is 5.91 Å². The molecule has 2 N–H and O–H groups in total. The van der Waals surface area contributed by atoms with Crippen LogP contribution in [-0.4, -0.2) is 42.2 Å². The van der Waals surface area contributed by atoms with Gasteiger partial charge >= 0.3 is 0 Å². The molecule has 0 aliphatic carbocycles. The fraction of sp³-hybridized carbons (Fsp3) is 0.333. The van der Waals surface area contributed by atoms with Crippen molar-refractivity contribution in [3.63, 3.8) is 0 Å². The van der Waals surface area contributed by atoms with E-state index in [1.165, 1.54) is 5.56 Å². The lowest BCUT2D eigenvalue weighted by Gasteiger charge is -2.26. The number of carbonyl (C=O) groups excluding carboxylic acids is 1. The molecule has 0 bridgehead atoms. The number of benzene rings is 2. The second kappa shape index (κ2) is 9.48. The van der Waals surface area contributed by atoms with Crippen LogP contribution in [0.25, 0.3) is 0 Å². The van der Waals surface area contributed by atoms with E-state index in [2.05, 4.69) is 29.7 Å². The number of amides is 1. The van der Waals surface area contributed by atoms with Crippen LogP contribution in [0, 0.1) is 0 Å². The molecule has 0 spiro atoms. The van der Waals surface area contributed by atoms with Gasteiger partial charge in [0.25, 0.3) is 0 Å². The monoisotopic (exact) mass is 383 g/mol. The van der Waals surface area contributed by atoms with E-state index in [-0.39, 0.29) is 5.91 Å². The lowest BCUT2D eigenvalue weighted by molar-refractivity contribution is -0.134. The van der Waals surface area contributed by atoms with Crippen molar-refractivity contribution in [3.8, 4) is 0 Å². The van der Waals surface area contributed by atoms with E-state index in [4.69, 9.17) is 17.0 Å². The number of aryl methyl sites for hydroxylation is 1. The Bertz CT molecular complexity index is 769. The quantitative estimate of drug-likeness (QED) is 0.775. The van der Waals surface area contributed by atoms with Crippen LogP contribution >= 0.6 is 12.2 Å². The number of hydrogen-bond acceptors (Lipinski definition) is 3. The Morgan fingerprint density at radius 2 is 1.48 bits per heavy atom. The lowest BCUT2D eigenvalue weighted by Crippen LogP contribution is -2.41. The number of carbonyl (C=O) groups is 1. The van der Waals surface area contributed by atoms with Gasteiger partial charge in [-0.3, -0.25) is 4.79 Å². The SMILES string of the molecule is CCc1ccc(NC(=S)Nc2ccc(CC(=O)N3CCOCC3)cc2)cc1. The number of rotatable bonds is 5. The Kier molecular flexibility index (Phi) is 6.79. The molecule has 0 unspecified atom stereocenters. The molecule has 5 nitrogen and oxygen atoms in total. The van der Waals surface area contributed by atoms with E-state index >= 15 is 0 Å². The third-order valence-electron chi connectivity index (χ3n) is 4.55. The molecule has 142 valence electrons. The fourth-order valence-electron chi connectivity index (χ4n) is 2.92. The summed E-state index contributed by atoms with van der Waals surface area (Å²) >= 11 is 5.37. The third kappa shape index (κ3) is 5.77. The first-order chi connectivity index (χ1) is 13.1. The Morgan fingerprint density at radius 1 is 0.963 bits per heavy atom. The highest BCUT2D eigenvalue weighted by atomic mass is 32.1. The predicted octanol–water partition coefficient (Wildman–Crippen LogP) is 3.46. The first kappa shape index (κ1) is 19.3. The fourth-order valence-corrected chi connectivity index (χ4v) is 3.16. The number of nitrogens with zero attached hydrogens (tertiary/aromatic N) is 1. The number of ether oxygens (including phenoxy) is 1. The minimum absolute atomic E-state index is 0.145. The number of hydrogen-bond donors (Lipinski definition) is 2. The van der Waals surface area contributed by atoms with E-state index in [1.54, 1.807) is 0 Å². The molecule has 0 atom stereocenters. The molecule has 0 saturated carbocycles. The molecule has 6 heteroatoms. The number of anilines is 2. The van der Waals surface area contributed by atoms with Gasteiger partial charge in [0.1, 0.15) is 0 Å². The maximum absolute atomic E-state index is 12.3. The van der Waals surface area contributed by atoms with Gasteiger partial charge in [-0.1, -0.05) is 31.2 Å². The molecule has 0 aromatic heterocycles. The van der Waals surface area contributed by atoms with Gasteiger partial charge in [-0.05, 0) is 54.0 Å². The summed E-state index contributed by atoms with van der Waals surface area (Å²) in [5.41, 5.74) is 4.13. The van der Waals surface area contributed by atoms with Gasteiger partial charge in [-0.15, -0.1) is 0 Å². The first-order valence-corrected chi connectivity index (χ1v) is 9.66. The summed E-state index contributed by atoms with van der Waals surface area (Å²) in [7, 11) is 0. The standard InChI is InChI=1S/C21H25N3O2S/c1-2-16-3-7-18(8-4-16)22-21(27)23-19-9-5-17(6-10-19)15-20(25)24-11-13-26-14-12-24/h3-10H,2,11-15H2,1H3,(H2,22,23,27). The highest BCUT2D eigenvalue weighted by Gasteiger charge is 2.16. The topological polar surface area (TPSA) is 53.6 Å². The highest BCUT2D eigenvalue weighted by Crippen LogP contribution is 2.14. The molecule has 1 amide bonds. The Labute approximate surface area is 165 Å². The largest absolute Gasteiger partial charge is 0.378 e. The van der Waals surface area contributed by atoms with Crippen LogP contribution in [-0.2, 0) is 22.4 Å². The Morgan fingerprint density at radius 3 is 2.00 bits per heavy atom. The summed E-state index contributed by atoms with van der Waals surface area (Å²) in [5.74, 6) is 0.145. The minimum atomic E-state index is 0.145. The van der Waals surface area contributed by atoms with Gasteiger partial charge in [0.05, 0.1) is 19.6 Å². The van der Waals surface area contributed by atoms with E-state index < -0.39 is 0 Å². The summed E-state index contributed by atoms with van der Waals surface area (Å²) in [6.07, 6.45) is 1.43.